The van der Waals surface area contributed by atoms with Crippen LogP contribution in [-0.4, -0.2) is 20.6 Å². The molecule has 4 nitrogen and oxygen atoms in total. The minimum Gasteiger partial charge on any atom is -0.481 e. The number of carboxylic acids is 1. The monoisotopic (exact) mass is 236 g/mol. The van der Waals surface area contributed by atoms with Crippen molar-refractivity contribution in [2.24, 2.45) is 7.05 Å². The molecule has 17 heavy (non-hydrogen) atoms. The van der Waals surface area contributed by atoms with Crippen molar-refractivity contribution in [3.63, 3.8) is 0 Å². The Labute approximate surface area is 97.7 Å². The van der Waals surface area contributed by atoms with Crippen molar-refractivity contribution >= 4 is 17.0 Å². The summed E-state index contributed by atoms with van der Waals surface area (Å²) in [5.41, 5.74) is 2.21. The lowest BCUT2D eigenvalue weighted by Gasteiger charge is -2.10. The first kappa shape index (κ1) is 11.6. The molecule has 0 saturated heterocycles. The van der Waals surface area contributed by atoms with Gasteiger partial charge in [0.1, 0.15) is 5.82 Å². The van der Waals surface area contributed by atoms with Crippen LogP contribution in [-0.2, 0) is 11.8 Å². The number of aryl methyl sites for hydroxylation is 1. The van der Waals surface area contributed by atoms with Crippen LogP contribution in [0.2, 0.25) is 0 Å². The summed E-state index contributed by atoms with van der Waals surface area (Å²) in [6, 6.07) is 3.21. The first-order chi connectivity index (χ1) is 7.99. The van der Waals surface area contributed by atoms with E-state index in [1.165, 1.54) is 6.07 Å². The fraction of sp³-hybridized carbons (Fsp3) is 0.333. The third-order valence-corrected chi connectivity index (χ3v) is 2.88. The number of nitrogens with zero attached hydrogens (tertiary/aromatic N) is 2. The molecule has 2 rings (SSSR count). The number of fused-ring (bicyclic) bond motifs is 1. The molecule has 1 atom stereocenters. The topological polar surface area (TPSA) is 55.1 Å². The normalized spacial score (nSPS) is 12.9. The second-order valence-electron chi connectivity index (χ2n) is 4.19. The summed E-state index contributed by atoms with van der Waals surface area (Å²) in [7, 11) is 1.79. The van der Waals surface area contributed by atoms with Crippen LogP contribution in [0.15, 0.2) is 18.3 Å². The Bertz CT molecular complexity index is 577. The van der Waals surface area contributed by atoms with Gasteiger partial charge in [0.25, 0.3) is 0 Å². The van der Waals surface area contributed by atoms with Gasteiger partial charge in [-0.25, -0.2) is 4.39 Å². The third kappa shape index (κ3) is 2.13. The number of aromatic nitrogens is 2. The van der Waals surface area contributed by atoms with Gasteiger partial charge >= 0.3 is 5.97 Å². The molecule has 90 valence electrons. The van der Waals surface area contributed by atoms with Gasteiger partial charge < -0.3 is 9.67 Å². The molecule has 0 fully saturated rings. The molecular weight excluding hydrogens is 223 g/mol. The van der Waals surface area contributed by atoms with Crippen molar-refractivity contribution in [1.29, 1.82) is 0 Å². The average molecular weight is 236 g/mol. The summed E-state index contributed by atoms with van der Waals surface area (Å²) in [5.74, 6) is -1.37. The number of hydrogen-bond acceptors (Lipinski definition) is 2. The molecule has 0 aliphatic heterocycles. The van der Waals surface area contributed by atoms with Gasteiger partial charge in [0.05, 0.1) is 23.7 Å². The highest BCUT2D eigenvalue weighted by Crippen LogP contribution is 2.25. The van der Waals surface area contributed by atoms with Crippen LogP contribution in [0.5, 0.6) is 0 Å². The van der Waals surface area contributed by atoms with Crippen LogP contribution in [0.3, 0.4) is 0 Å². The van der Waals surface area contributed by atoms with Crippen molar-refractivity contribution < 1.29 is 14.3 Å². The summed E-state index contributed by atoms with van der Waals surface area (Å²) in [4.78, 5) is 14.7. The van der Waals surface area contributed by atoms with Gasteiger partial charge in [-0.1, -0.05) is 6.92 Å². The lowest BCUT2D eigenvalue weighted by atomic mass is 10.0. The van der Waals surface area contributed by atoms with E-state index in [0.29, 0.717) is 11.0 Å². The lowest BCUT2D eigenvalue weighted by Crippen LogP contribution is -2.06. The van der Waals surface area contributed by atoms with Gasteiger partial charge in [-0.3, -0.25) is 9.78 Å². The number of halogens is 1. The molecule has 2 aromatic heterocycles. The minimum absolute atomic E-state index is 0.0483. The molecule has 0 aromatic carbocycles. The summed E-state index contributed by atoms with van der Waals surface area (Å²) in [6.45, 7) is 1.83. The molecule has 0 aliphatic rings. The van der Waals surface area contributed by atoms with Crippen LogP contribution < -0.4 is 0 Å². The zero-order chi connectivity index (χ0) is 12.6. The molecule has 0 saturated carbocycles. The summed E-state index contributed by atoms with van der Waals surface area (Å²) in [6.07, 6.45) is 1.21. The van der Waals surface area contributed by atoms with Crippen LogP contribution in [0, 0.1) is 5.82 Å². The summed E-state index contributed by atoms with van der Waals surface area (Å²) in [5, 5.41) is 8.77. The molecule has 0 radical (unpaired) electrons. The Kier molecular flexibility index (Phi) is 2.83. The Morgan fingerprint density at radius 1 is 1.59 bits per heavy atom. The number of rotatable bonds is 3. The maximum absolute atomic E-state index is 13.1. The highest BCUT2D eigenvalue weighted by atomic mass is 19.1. The van der Waals surface area contributed by atoms with Crippen molar-refractivity contribution in [2.75, 3.05) is 0 Å². The number of hydrogen-bond donors (Lipinski definition) is 1. The Hall–Kier alpha value is -1.91. The van der Waals surface area contributed by atoms with E-state index in [9.17, 15) is 9.18 Å². The second-order valence-corrected chi connectivity index (χ2v) is 4.19. The van der Waals surface area contributed by atoms with Crippen LogP contribution in [0.4, 0.5) is 4.39 Å². The Balaban J connectivity index is 2.48. The number of aliphatic carboxylic acids is 1. The standard InChI is InChI=1S/C12H13FN2O2/c1-7(3-12(16)17)10-5-9-11(15(10)2)4-8(13)6-14-9/h4-7H,3H2,1-2H3,(H,16,17). The zero-order valence-electron chi connectivity index (χ0n) is 9.64. The second kappa shape index (κ2) is 4.16. The summed E-state index contributed by atoms with van der Waals surface area (Å²) < 4.78 is 14.9. The molecule has 2 aromatic rings. The minimum atomic E-state index is -0.845. The van der Waals surface area contributed by atoms with E-state index in [1.807, 2.05) is 13.0 Å². The molecule has 0 aliphatic carbocycles. The predicted molar refractivity (Wildman–Crippen MR) is 61.3 cm³/mol. The van der Waals surface area contributed by atoms with E-state index in [1.54, 1.807) is 11.6 Å². The molecule has 0 spiro atoms. The third-order valence-electron chi connectivity index (χ3n) is 2.88. The SMILES string of the molecule is CC(CC(=O)O)c1cc2ncc(F)cc2n1C. The number of carboxylic acid groups (broad SMARTS) is 1. The quantitative estimate of drug-likeness (QED) is 0.889. The lowest BCUT2D eigenvalue weighted by molar-refractivity contribution is -0.137. The maximum Gasteiger partial charge on any atom is 0.304 e. The smallest absolute Gasteiger partial charge is 0.304 e. The largest absolute Gasteiger partial charge is 0.481 e. The molecule has 2 heterocycles. The molecule has 1 unspecified atom stereocenters. The first-order valence-corrected chi connectivity index (χ1v) is 5.31. The van der Waals surface area contributed by atoms with E-state index >= 15 is 0 Å². The van der Waals surface area contributed by atoms with Gasteiger partial charge in [0.15, 0.2) is 0 Å². The first-order valence-electron chi connectivity index (χ1n) is 5.31. The Morgan fingerprint density at radius 3 is 2.94 bits per heavy atom. The fourth-order valence-electron chi connectivity index (χ4n) is 2.03. The highest BCUT2D eigenvalue weighted by Gasteiger charge is 2.16. The predicted octanol–water partition coefficient (Wildman–Crippen LogP) is 2.29. The van der Waals surface area contributed by atoms with Gasteiger partial charge in [-0.15, -0.1) is 0 Å². The van der Waals surface area contributed by atoms with Gasteiger partial charge in [-0.2, -0.15) is 0 Å². The van der Waals surface area contributed by atoms with Gasteiger partial charge in [0, 0.05) is 24.7 Å². The van der Waals surface area contributed by atoms with Crippen LogP contribution >= 0.6 is 0 Å². The van der Waals surface area contributed by atoms with Crippen LogP contribution in [0.25, 0.3) is 11.0 Å². The van der Waals surface area contributed by atoms with Crippen molar-refractivity contribution in [2.45, 2.75) is 19.3 Å². The van der Waals surface area contributed by atoms with Crippen LogP contribution in [0.1, 0.15) is 25.0 Å². The van der Waals surface area contributed by atoms with Gasteiger partial charge in [-0.05, 0) is 6.07 Å². The van der Waals surface area contributed by atoms with Crippen molar-refractivity contribution in [3.05, 3.63) is 29.8 Å². The Morgan fingerprint density at radius 2 is 2.29 bits per heavy atom. The average Bonchev–Trinajstić information content (AvgIpc) is 2.55. The van der Waals surface area contributed by atoms with E-state index in [2.05, 4.69) is 4.98 Å². The molecule has 0 amide bonds. The molecule has 5 heteroatoms. The maximum atomic E-state index is 13.1. The fourth-order valence-corrected chi connectivity index (χ4v) is 2.03. The zero-order valence-corrected chi connectivity index (χ0v) is 9.64. The number of carbonyl (C=O) groups is 1. The molecular formula is C12H13FN2O2. The number of pyridine rings is 1. The van der Waals surface area contributed by atoms with E-state index in [0.717, 1.165) is 11.9 Å². The molecule has 0 bridgehead atoms. The van der Waals surface area contributed by atoms with E-state index in [-0.39, 0.29) is 12.3 Å². The van der Waals surface area contributed by atoms with Gasteiger partial charge in [0.2, 0.25) is 0 Å². The van der Waals surface area contributed by atoms with Crippen molar-refractivity contribution in [3.8, 4) is 0 Å². The molecule has 1 N–H and O–H groups in total. The highest BCUT2D eigenvalue weighted by molar-refractivity contribution is 5.77. The summed E-state index contributed by atoms with van der Waals surface area (Å²) >= 11 is 0. The van der Waals surface area contributed by atoms with E-state index in [4.69, 9.17) is 5.11 Å². The van der Waals surface area contributed by atoms with E-state index < -0.39 is 11.8 Å². The van der Waals surface area contributed by atoms with Crippen molar-refractivity contribution in [1.82, 2.24) is 9.55 Å².